The summed E-state index contributed by atoms with van der Waals surface area (Å²) in [4.78, 5) is 15.1. The summed E-state index contributed by atoms with van der Waals surface area (Å²) in [6.07, 6.45) is 6.28. The minimum Gasteiger partial charge on any atom is -0.390 e. The zero-order chi connectivity index (χ0) is 18.0. The lowest BCUT2D eigenvalue weighted by atomic mass is 9.46. The van der Waals surface area contributed by atoms with Crippen LogP contribution in [-0.4, -0.2) is 40.1 Å². The molecular weight excluding hydrogens is 314 g/mol. The molecule has 5 rings (SSSR count). The predicted molar refractivity (Wildman–Crippen MR) is 94.1 cm³/mol. The summed E-state index contributed by atoms with van der Waals surface area (Å²) >= 11 is 0. The number of piperidine rings is 1. The summed E-state index contributed by atoms with van der Waals surface area (Å²) in [6.45, 7) is 4.93. The van der Waals surface area contributed by atoms with Crippen molar-refractivity contribution in [2.24, 2.45) is 34.8 Å². The van der Waals surface area contributed by atoms with E-state index in [9.17, 15) is 15.2 Å². The van der Waals surface area contributed by atoms with Gasteiger partial charge in [-0.15, -0.1) is 0 Å². The smallest absolute Gasteiger partial charge is 0.241 e. The van der Waals surface area contributed by atoms with Gasteiger partial charge in [-0.2, -0.15) is 5.26 Å². The van der Waals surface area contributed by atoms with E-state index >= 15 is 0 Å². The molecule has 0 radical (unpaired) electrons. The first-order chi connectivity index (χ1) is 11.8. The molecule has 1 saturated heterocycles. The number of nitrogens with zero attached hydrogens (tertiary/aromatic N) is 2. The van der Waals surface area contributed by atoms with Crippen LogP contribution in [-0.2, 0) is 4.79 Å². The molecule has 4 bridgehead atoms. The number of nitrogens with two attached hydrogens (primary N) is 1. The van der Waals surface area contributed by atoms with Gasteiger partial charge in [0, 0.05) is 6.54 Å². The molecule has 3 N–H and O–H groups in total. The molecule has 0 aromatic carbocycles. The van der Waals surface area contributed by atoms with E-state index in [-0.39, 0.29) is 17.4 Å². The minimum atomic E-state index is -0.611. The topological polar surface area (TPSA) is 90.4 Å². The Bertz CT molecular complexity index is 599. The van der Waals surface area contributed by atoms with E-state index < -0.39 is 11.6 Å². The van der Waals surface area contributed by atoms with E-state index in [1.54, 1.807) is 4.90 Å². The molecule has 1 amide bonds. The van der Waals surface area contributed by atoms with Gasteiger partial charge in [-0.25, -0.2) is 0 Å². The van der Waals surface area contributed by atoms with Gasteiger partial charge in [0.1, 0.15) is 6.04 Å². The van der Waals surface area contributed by atoms with Gasteiger partial charge in [-0.05, 0) is 74.0 Å². The van der Waals surface area contributed by atoms with Crippen molar-refractivity contribution in [2.75, 3.05) is 6.54 Å². The normalized spacial score (nSPS) is 49.7. The maximum absolute atomic E-state index is 13.3. The number of hydrogen-bond acceptors (Lipinski definition) is 4. The number of rotatable bonds is 2. The van der Waals surface area contributed by atoms with Crippen molar-refractivity contribution in [2.45, 2.75) is 76.5 Å². The Kier molecular flexibility index (Phi) is 3.94. The Balaban J connectivity index is 1.57. The van der Waals surface area contributed by atoms with Crippen molar-refractivity contribution in [1.82, 2.24) is 4.90 Å². The van der Waals surface area contributed by atoms with Gasteiger partial charge in [-0.3, -0.25) is 4.79 Å². The summed E-state index contributed by atoms with van der Waals surface area (Å²) in [6, 6.07) is 1.38. The van der Waals surface area contributed by atoms with E-state index in [0.717, 1.165) is 32.1 Å². The summed E-state index contributed by atoms with van der Waals surface area (Å²) in [5.74, 6) is 1.80. The Morgan fingerprint density at radius 2 is 1.84 bits per heavy atom. The standard InChI is InChI=1S/C20H31N3O2/c1-12-3-16(9-21)23(10-13(12)2)18(24)17(22)19-5-14-4-15(6-19)8-20(25,7-14)11-19/h12-17,25H,3-8,10-11,22H2,1-2H3/t12?,13-,14?,15?,16+,17-,19?,20?/m1/s1. The monoisotopic (exact) mass is 345 g/mol. The summed E-state index contributed by atoms with van der Waals surface area (Å²) in [7, 11) is 0. The van der Waals surface area contributed by atoms with Crippen LogP contribution in [0.25, 0.3) is 0 Å². The summed E-state index contributed by atoms with van der Waals surface area (Å²) in [5, 5.41) is 20.5. The fraction of sp³-hybridized carbons (Fsp3) is 0.900. The Morgan fingerprint density at radius 1 is 1.20 bits per heavy atom. The van der Waals surface area contributed by atoms with Crippen LogP contribution in [0.4, 0.5) is 0 Å². The number of carbonyl (C=O) groups excluding carboxylic acids is 1. The summed E-state index contributed by atoms with van der Waals surface area (Å²) in [5.41, 5.74) is 5.72. The second-order valence-electron chi connectivity index (χ2n) is 9.85. The molecule has 5 fully saturated rings. The second-order valence-corrected chi connectivity index (χ2v) is 9.85. The van der Waals surface area contributed by atoms with Gasteiger partial charge in [0.25, 0.3) is 0 Å². The Hall–Kier alpha value is -1.12. The number of hydrogen-bond donors (Lipinski definition) is 2. The average Bonchev–Trinajstić information content (AvgIpc) is 2.53. The molecule has 4 aliphatic carbocycles. The van der Waals surface area contributed by atoms with Gasteiger partial charge in [0.2, 0.25) is 5.91 Å². The largest absolute Gasteiger partial charge is 0.390 e. The number of likely N-dealkylation sites (tertiary alicyclic amines) is 1. The van der Waals surface area contributed by atoms with Crippen LogP contribution in [0.15, 0.2) is 0 Å². The van der Waals surface area contributed by atoms with E-state index in [1.807, 2.05) is 0 Å². The van der Waals surface area contributed by atoms with Gasteiger partial charge in [0.15, 0.2) is 0 Å². The first-order valence-electron chi connectivity index (χ1n) is 9.93. The third-order valence-electron chi connectivity index (χ3n) is 7.86. The molecule has 3 unspecified atom stereocenters. The number of carbonyl (C=O) groups is 1. The molecular formula is C20H31N3O2. The number of amides is 1. The van der Waals surface area contributed by atoms with Crippen LogP contribution in [0.1, 0.15) is 58.8 Å². The van der Waals surface area contributed by atoms with Crippen molar-refractivity contribution in [3.05, 3.63) is 0 Å². The average molecular weight is 345 g/mol. The Morgan fingerprint density at radius 3 is 2.40 bits per heavy atom. The number of aliphatic hydroxyl groups is 1. The lowest BCUT2D eigenvalue weighted by Crippen LogP contribution is -2.65. The van der Waals surface area contributed by atoms with Crippen molar-refractivity contribution in [3.63, 3.8) is 0 Å². The third kappa shape index (κ3) is 2.69. The zero-order valence-electron chi connectivity index (χ0n) is 15.4. The van der Waals surface area contributed by atoms with Crippen LogP contribution in [0, 0.1) is 40.4 Å². The molecule has 4 saturated carbocycles. The van der Waals surface area contributed by atoms with Crippen LogP contribution >= 0.6 is 0 Å². The Labute approximate surface area is 150 Å². The van der Waals surface area contributed by atoms with E-state index in [1.165, 1.54) is 6.42 Å². The highest BCUT2D eigenvalue weighted by Crippen LogP contribution is 2.62. The van der Waals surface area contributed by atoms with E-state index in [4.69, 9.17) is 5.73 Å². The quantitative estimate of drug-likeness (QED) is 0.801. The van der Waals surface area contributed by atoms with Crippen molar-refractivity contribution < 1.29 is 9.90 Å². The van der Waals surface area contributed by atoms with Gasteiger partial charge in [-0.1, -0.05) is 13.8 Å². The minimum absolute atomic E-state index is 0.0594. The highest BCUT2D eigenvalue weighted by Gasteiger charge is 2.60. The molecule has 25 heavy (non-hydrogen) atoms. The molecule has 0 aromatic heterocycles. The molecule has 5 nitrogen and oxygen atoms in total. The van der Waals surface area contributed by atoms with Crippen LogP contribution in [0.3, 0.4) is 0 Å². The molecule has 0 aromatic rings. The molecule has 1 aliphatic heterocycles. The molecule has 5 heteroatoms. The SMILES string of the molecule is CC1C[C@@H](C#N)N(C(=O)[C@@H](N)C23CC4CC(CC(O)(C4)C2)C3)C[C@H]1C. The van der Waals surface area contributed by atoms with E-state index in [2.05, 4.69) is 19.9 Å². The van der Waals surface area contributed by atoms with Crippen LogP contribution in [0.5, 0.6) is 0 Å². The fourth-order valence-corrected chi connectivity index (χ4v) is 6.78. The molecule has 0 spiro atoms. The highest BCUT2D eigenvalue weighted by atomic mass is 16.3. The van der Waals surface area contributed by atoms with Crippen LogP contribution in [0.2, 0.25) is 0 Å². The van der Waals surface area contributed by atoms with E-state index in [0.29, 0.717) is 36.6 Å². The van der Waals surface area contributed by atoms with Crippen LogP contribution < -0.4 is 5.73 Å². The predicted octanol–water partition coefficient (Wildman–Crippen LogP) is 2.04. The molecule has 1 heterocycles. The number of nitriles is 1. The second kappa shape index (κ2) is 5.69. The van der Waals surface area contributed by atoms with Gasteiger partial charge in [0.05, 0.1) is 17.7 Å². The molecule has 138 valence electrons. The highest BCUT2D eigenvalue weighted by molar-refractivity contribution is 5.83. The zero-order valence-corrected chi connectivity index (χ0v) is 15.4. The maximum Gasteiger partial charge on any atom is 0.241 e. The molecule has 5 aliphatic rings. The van der Waals surface area contributed by atoms with Crippen molar-refractivity contribution in [3.8, 4) is 6.07 Å². The van der Waals surface area contributed by atoms with Crippen molar-refractivity contribution in [1.29, 1.82) is 5.26 Å². The lowest BCUT2D eigenvalue weighted by Gasteiger charge is -2.62. The first-order valence-corrected chi connectivity index (χ1v) is 9.93. The third-order valence-corrected chi connectivity index (χ3v) is 7.86. The van der Waals surface area contributed by atoms with Gasteiger partial charge < -0.3 is 15.7 Å². The molecule has 6 atom stereocenters. The first kappa shape index (κ1) is 17.3. The van der Waals surface area contributed by atoms with Crippen molar-refractivity contribution >= 4 is 5.91 Å². The van der Waals surface area contributed by atoms with Gasteiger partial charge >= 0.3 is 0 Å². The summed E-state index contributed by atoms with van der Waals surface area (Å²) < 4.78 is 0. The maximum atomic E-state index is 13.3. The lowest BCUT2D eigenvalue weighted by molar-refractivity contribution is -0.178. The fourth-order valence-electron chi connectivity index (χ4n) is 6.78.